The summed E-state index contributed by atoms with van der Waals surface area (Å²) in [4.78, 5) is 30.7. The summed E-state index contributed by atoms with van der Waals surface area (Å²) >= 11 is 0. The minimum atomic E-state index is -5.08. The molecule has 0 atom stereocenters. The maximum Gasteiger partial charge on any atom is 0.490 e. The average Bonchev–Trinajstić information content (AvgIpc) is 2.54. The van der Waals surface area contributed by atoms with Gasteiger partial charge in [0.1, 0.15) is 0 Å². The number of halogens is 3. The number of aromatic nitrogens is 2. The Labute approximate surface area is 147 Å². The molecular weight excluding hydrogens is 353 g/mol. The van der Waals surface area contributed by atoms with Gasteiger partial charge < -0.3 is 15.3 Å². The van der Waals surface area contributed by atoms with Gasteiger partial charge in [-0.15, -0.1) is 0 Å². The molecule has 0 aliphatic heterocycles. The van der Waals surface area contributed by atoms with E-state index in [0.717, 1.165) is 11.4 Å². The van der Waals surface area contributed by atoms with Crippen LogP contribution in [-0.2, 0) is 4.79 Å². The molecule has 26 heavy (non-hydrogen) atoms. The van der Waals surface area contributed by atoms with Crippen LogP contribution in [0.15, 0.2) is 36.5 Å². The van der Waals surface area contributed by atoms with E-state index in [1.54, 1.807) is 37.3 Å². The number of carbonyl (C=O) groups excluding carboxylic acids is 1. The van der Waals surface area contributed by atoms with Gasteiger partial charge in [-0.1, -0.05) is 6.07 Å². The third-order valence-corrected chi connectivity index (χ3v) is 2.81. The minimum Gasteiger partial charge on any atom is -0.475 e. The van der Waals surface area contributed by atoms with Crippen LogP contribution in [0.3, 0.4) is 0 Å². The Bertz CT molecular complexity index is 779. The number of aryl methyl sites for hydroxylation is 1. The quantitative estimate of drug-likeness (QED) is 0.863. The lowest BCUT2D eigenvalue weighted by Gasteiger charge is -2.11. The van der Waals surface area contributed by atoms with Gasteiger partial charge in [0.15, 0.2) is 0 Å². The van der Waals surface area contributed by atoms with E-state index in [0.29, 0.717) is 11.5 Å². The number of carbonyl (C=O) groups is 2. The van der Waals surface area contributed by atoms with Crippen molar-refractivity contribution in [3.63, 3.8) is 0 Å². The van der Waals surface area contributed by atoms with Crippen molar-refractivity contribution >= 4 is 23.5 Å². The first kappa shape index (κ1) is 20.9. The molecule has 0 spiro atoms. The van der Waals surface area contributed by atoms with Crippen molar-refractivity contribution in [1.29, 1.82) is 0 Å². The third kappa shape index (κ3) is 6.75. The SMILES string of the molecule is Cc1ccnc(Nc2cccc(C(=O)N(C)C)c2)n1.O=C(O)C(F)(F)F. The van der Waals surface area contributed by atoms with Gasteiger partial charge in [-0.05, 0) is 31.2 Å². The Morgan fingerprint density at radius 1 is 1.19 bits per heavy atom. The molecule has 0 aliphatic rings. The molecule has 0 fully saturated rings. The highest BCUT2D eigenvalue weighted by Crippen LogP contribution is 2.15. The summed E-state index contributed by atoms with van der Waals surface area (Å²) in [6, 6.07) is 9.10. The Kier molecular flexibility index (Phi) is 7.06. The van der Waals surface area contributed by atoms with E-state index in [2.05, 4.69) is 15.3 Å². The number of hydrogen-bond donors (Lipinski definition) is 2. The number of nitrogens with zero attached hydrogens (tertiary/aromatic N) is 3. The molecule has 0 unspecified atom stereocenters. The van der Waals surface area contributed by atoms with E-state index in [9.17, 15) is 18.0 Å². The zero-order chi connectivity index (χ0) is 19.9. The van der Waals surface area contributed by atoms with Crippen molar-refractivity contribution in [2.75, 3.05) is 19.4 Å². The standard InChI is InChI=1S/C14H16N4O.C2HF3O2/c1-10-7-8-15-14(16-10)17-12-6-4-5-11(9-12)13(19)18(2)3;3-2(4,5)1(6)7/h4-9H,1-3H3,(H,15,16,17);(H,6,7). The van der Waals surface area contributed by atoms with Crippen molar-refractivity contribution in [3.8, 4) is 0 Å². The number of nitrogens with one attached hydrogen (secondary N) is 1. The summed E-state index contributed by atoms with van der Waals surface area (Å²) < 4.78 is 31.7. The lowest BCUT2D eigenvalue weighted by Crippen LogP contribution is -2.21. The molecular formula is C16H17F3N4O3. The van der Waals surface area contributed by atoms with Crippen molar-refractivity contribution in [2.45, 2.75) is 13.1 Å². The van der Waals surface area contributed by atoms with Crippen LogP contribution in [0, 0.1) is 6.92 Å². The monoisotopic (exact) mass is 370 g/mol. The molecule has 1 aromatic carbocycles. The largest absolute Gasteiger partial charge is 0.490 e. The summed E-state index contributed by atoms with van der Waals surface area (Å²) in [7, 11) is 3.46. The first-order chi connectivity index (χ1) is 12.0. The van der Waals surface area contributed by atoms with E-state index in [-0.39, 0.29) is 5.91 Å². The van der Waals surface area contributed by atoms with Crippen LogP contribution in [0.2, 0.25) is 0 Å². The smallest absolute Gasteiger partial charge is 0.475 e. The van der Waals surface area contributed by atoms with Gasteiger partial charge in [-0.3, -0.25) is 4.79 Å². The van der Waals surface area contributed by atoms with Gasteiger partial charge in [0.05, 0.1) is 0 Å². The Balaban J connectivity index is 0.000000412. The van der Waals surface area contributed by atoms with Gasteiger partial charge >= 0.3 is 12.1 Å². The molecule has 2 N–H and O–H groups in total. The van der Waals surface area contributed by atoms with Crippen LogP contribution >= 0.6 is 0 Å². The minimum absolute atomic E-state index is 0.0335. The summed E-state index contributed by atoms with van der Waals surface area (Å²) in [5.41, 5.74) is 2.30. The molecule has 1 amide bonds. The second-order valence-corrected chi connectivity index (χ2v) is 5.23. The summed E-state index contributed by atoms with van der Waals surface area (Å²) in [5.74, 6) is -2.27. The van der Waals surface area contributed by atoms with Crippen LogP contribution in [0.1, 0.15) is 16.1 Å². The highest BCUT2D eigenvalue weighted by Gasteiger charge is 2.38. The number of hydrogen-bond acceptors (Lipinski definition) is 5. The van der Waals surface area contributed by atoms with Crippen molar-refractivity contribution in [2.24, 2.45) is 0 Å². The van der Waals surface area contributed by atoms with Crippen LogP contribution in [-0.4, -0.2) is 52.1 Å². The topological polar surface area (TPSA) is 95.4 Å². The fourth-order valence-corrected chi connectivity index (χ4v) is 1.63. The molecule has 2 aromatic rings. The number of alkyl halides is 3. The molecule has 10 heteroatoms. The van der Waals surface area contributed by atoms with Crippen molar-refractivity contribution in [3.05, 3.63) is 47.8 Å². The average molecular weight is 370 g/mol. The predicted molar refractivity (Wildman–Crippen MR) is 88.2 cm³/mol. The molecule has 0 aliphatic carbocycles. The molecule has 1 aromatic heterocycles. The Morgan fingerprint density at radius 3 is 2.31 bits per heavy atom. The highest BCUT2D eigenvalue weighted by atomic mass is 19.4. The van der Waals surface area contributed by atoms with Gasteiger partial charge in [0.2, 0.25) is 5.95 Å². The first-order valence-corrected chi connectivity index (χ1v) is 7.19. The van der Waals surface area contributed by atoms with Gasteiger partial charge in [0.25, 0.3) is 5.91 Å². The molecule has 0 bridgehead atoms. The zero-order valence-electron chi connectivity index (χ0n) is 14.2. The summed E-state index contributed by atoms with van der Waals surface area (Å²) in [6.45, 7) is 1.90. The number of anilines is 2. The third-order valence-electron chi connectivity index (χ3n) is 2.81. The second-order valence-electron chi connectivity index (χ2n) is 5.23. The van der Waals surface area contributed by atoms with Crippen molar-refractivity contribution in [1.82, 2.24) is 14.9 Å². The number of carboxylic acids is 1. The molecule has 140 valence electrons. The molecule has 0 saturated heterocycles. The maximum absolute atomic E-state index is 11.9. The first-order valence-electron chi connectivity index (χ1n) is 7.19. The second kappa shape index (κ2) is 8.79. The fourth-order valence-electron chi connectivity index (χ4n) is 1.63. The van der Waals surface area contributed by atoms with Crippen LogP contribution in [0.4, 0.5) is 24.8 Å². The van der Waals surface area contributed by atoms with Crippen LogP contribution in [0.5, 0.6) is 0 Å². The highest BCUT2D eigenvalue weighted by molar-refractivity contribution is 5.94. The molecule has 7 nitrogen and oxygen atoms in total. The summed E-state index contributed by atoms with van der Waals surface area (Å²) in [6.07, 6.45) is -3.39. The number of rotatable bonds is 3. The number of amides is 1. The Hall–Kier alpha value is -3.17. The number of benzene rings is 1. The molecule has 1 heterocycles. The predicted octanol–water partition coefficient (Wildman–Crippen LogP) is 2.86. The van der Waals surface area contributed by atoms with E-state index >= 15 is 0 Å². The molecule has 0 radical (unpaired) electrons. The summed E-state index contributed by atoms with van der Waals surface area (Å²) in [5, 5.41) is 10.2. The number of carboxylic acid groups (broad SMARTS) is 1. The van der Waals surface area contributed by atoms with E-state index in [4.69, 9.17) is 9.90 Å². The maximum atomic E-state index is 11.9. The number of aliphatic carboxylic acids is 1. The van der Waals surface area contributed by atoms with E-state index < -0.39 is 12.1 Å². The van der Waals surface area contributed by atoms with E-state index in [1.807, 2.05) is 25.1 Å². The van der Waals surface area contributed by atoms with Crippen LogP contribution in [0.25, 0.3) is 0 Å². The normalized spacial score (nSPS) is 10.4. The lowest BCUT2D eigenvalue weighted by molar-refractivity contribution is -0.192. The fraction of sp³-hybridized carbons (Fsp3) is 0.250. The van der Waals surface area contributed by atoms with E-state index in [1.165, 1.54) is 0 Å². The Morgan fingerprint density at radius 2 is 1.81 bits per heavy atom. The van der Waals surface area contributed by atoms with Gasteiger partial charge in [-0.2, -0.15) is 13.2 Å². The van der Waals surface area contributed by atoms with Crippen LogP contribution < -0.4 is 5.32 Å². The molecule has 0 saturated carbocycles. The van der Waals surface area contributed by atoms with Crippen molar-refractivity contribution < 1.29 is 27.9 Å². The van der Waals surface area contributed by atoms with Gasteiger partial charge in [0, 0.05) is 37.2 Å². The lowest BCUT2D eigenvalue weighted by atomic mass is 10.2. The van der Waals surface area contributed by atoms with Gasteiger partial charge in [-0.25, -0.2) is 14.8 Å². The zero-order valence-corrected chi connectivity index (χ0v) is 14.2. The molecule has 2 rings (SSSR count).